The Hall–Kier alpha value is -0.340. The Morgan fingerprint density at radius 3 is 3.00 bits per heavy atom. The summed E-state index contributed by atoms with van der Waals surface area (Å²) in [5.41, 5.74) is 0. The van der Waals surface area contributed by atoms with E-state index in [0.717, 1.165) is 0 Å². The van der Waals surface area contributed by atoms with E-state index in [0.29, 0.717) is 6.04 Å². The van der Waals surface area contributed by atoms with Crippen LogP contribution in [0.3, 0.4) is 0 Å². The summed E-state index contributed by atoms with van der Waals surface area (Å²) in [6, 6.07) is 4.95. The lowest BCUT2D eigenvalue weighted by Gasteiger charge is -2.07. The molecule has 0 saturated carbocycles. The highest BCUT2D eigenvalue weighted by molar-refractivity contribution is 7.09. The molecule has 0 fully saturated rings. The minimum Gasteiger partial charge on any atom is -0.317 e. The molecule has 0 amide bonds. The van der Waals surface area contributed by atoms with Gasteiger partial charge in [-0.2, -0.15) is 0 Å². The topological polar surface area (TPSA) is 12.0 Å². The highest BCUT2D eigenvalue weighted by atomic mass is 32.1. The molecule has 1 nitrogen and oxygen atoms in total. The maximum absolute atomic E-state index is 3.23. The highest BCUT2D eigenvalue weighted by Crippen LogP contribution is 2.11. The standard InChI is InChI=1S/C9H15NS/c1-8(10-2)5-6-9-4-3-7-11-9/h3-4,7-8,10H,5-6H2,1-2H3. The van der Waals surface area contributed by atoms with Gasteiger partial charge in [-0.05, 0) is 38.3 Å². The summed E-state index contributed by atoms with van der Waals surface area (Å²) in [7, 11) is 2.01. The van der Waals surface area contributed by atoms with Gasteiger partial charge in [0.2, 0.25) is 0 Å². The van der Waals surface area contributed by atoms with Gasteiger partial charge < -0.3 is 5.32 Å². The van der Waals surface area contributed by atoms with Gasteiger partial charge >= 0.3 is 0 Å². The maximum Gasteiger partial charge on any atom is 0.00458 e. The Morgan fingerprint density at radius 1 is 1.64 bits per heavy atom. The van der Waals surface area contributed by atoms with Gasteiger partial charge in [0.25, 0.3) is 0 Å². The normalized spacial score (nSPS) is 13.3. The molecule has 1 unspecified atom stereocenters. The molecule has 2 heteroatoms. The fourth-order valence-electron chi connectivity index (χ4n) is 0.958. The molecule has 0 aliphatic rings. The van der Waals surface area contributed by atoms with Crippen LogP contribution in [0.4, 0.5) is 0 Å². The minimum atomic E-state index is 0.636. The molecule has 0 spiro atoms. The monoisotopic (exact) mass is 169 g/mol. The van der Waals surface area contributed by atoms with Crippen molar-refractivity contribution in [2.75, 3.05) is 7.05 Å². The second-order valence-electron chi connectivity index (χ2n) is 2.81. The molecule has 0 radical (unpaired) electrons. The first kappa shape index (κ1) is 8.75. The Kier molecular flexibility index (Phi) is 3.60. The van der Waals surface area contributed by atoms with Gasteiger partial charge in [0.15, 0.2) is 0 Å². The van der Waals surface area contributed by atoms with Crippen molar-refractivity contribution in [3.63, 3.8) is 0 Å². The maximum atomic E-state index is 3.23. The molecule has 1 rings (SSSR count). The van der Waals surface area contributed by atoms with Crippen molar-refractivity contribution in [3.05, 3.63) is 22.4 Å². The molecule has 0 saturated heterocycles. The number of hydrogen-bond acceptors (Lipinski definition) is 2. The van der Waals surface area contributed by atoms with Crippen LogP contribution in [0.15, 0.2) is 17.5 Å². The number of rotatable bonds is 4. The van der Waals surface area contributed by atoms with E-state index >= 15 is 0 Å². The number of aryl methyl sites for hydroxylation is 1. The van der Waals surface area contributed by atoms with Crippen LogP contribution in [0.2, 0.25) is 0 Å². The number of thiophene rings is 1. The van der Waals surface area contributed by atoms with Gasteiger partial charge in [0.05, 0.1) is 0 Å². The van der Waals surface area contributed by atoms with Crippen LogP contribution in [-0.2, 0) is 6.42 Å². The van der Waals surface area contributed by atoms with Crippen molar-refractivity contribution in [2.45, 2.75) is 25.8 Å². The Morgan fingerprint density at radius 2 is 2.45 bits per heavy atom. The van der Waals surface area contributed by atoms with E-state index < -0.39 is 0 Å². The lowest BCUT2D eigenvalue weighted by Crippen LogP contribution is -2.21. The minimum absolute atomic E-state index is 0.636. The van der Waals surface area contributed by atoms with Crippen LogP contribution >= 0.6 is 11.3 Å². The van der Waals surface area contributed by atoms with E-state index in [-0.39, 0.29) is 0 Å². The molecule has 0 aromatic carbocycles. The predicted molar refractivity (Wildman–Crippen MR) is 51.2 cm³/mol. The van der Waals surface area contributed by atoms with Crippen LogP contribution in [-0.4, -0.2) is 13.1 Å². The Labute approximate surface area is 72.4 Å². The quantitative estimate of drug-likeness (QED) is 0.729. The molecule has 0 bridgehead atoms. The third-order valence-corrected chi connectivity index (χ3v) is 2.83. The zero-order valence-electron chi connectivity index (χ0n) is 7.13. The lowest BCUT2D eigenvalue weighted by atomic mass is 10.2. The predicted octanol–water partition coefficient (Wildman–Crippen LogP) is 2.29. The average Bonchev–Trinajstić information content (AvgIpc) is 2.52. The molecule has 11 heavy (non-hydrogen) atoms. The van der Waals surface area contributed by atoms with Crippen molar-refractivity contribution in [3.8, 4) is 0 Å². The lowest BCUT2D eigenvalue weighted by molar-refractivity contribution is 0.567. The molecule has 0 aliphatic heterocycles. The summed E-state index contributed by atoms with van der Waals surface area (Å²) in [5, 5.41) is 5.37. The van der Waals surface area contributed by atoms with Crippen LogP contribution in [0, 0.1) is 0 Å². The number of nitrogens with one attached hydrogen (secondary N) is 1. The first-order chi connectivity index (χ1) is 5.33. The van der Waals surface area contributed by atoms with Crippen LogP contribution in [0.1, 0.15) is 18.2 Å². The van der Waals surface area contributed by atoms with Gasteiger partial charge in [-0.25, -0.2) is 0 Å². The van der Waals surface area contributed by atoms with Gasteiger partial charge in [-0.1, -0.05) is 6.07 Å². The highest BCUT2D eigenvalue weighted by Gasteiger charge is 1.98. The van der Waals surface area contributed by atoms with Gasteiger partial charge in [-0.3, -0.25) is 0 Å². The van der Waals surface area contributed by atoms with Gasteiger partial charge in [0.1, 0.15) is 0 Å². The van der Waals surface area contributed by atoms with E-state index in [4.69, 9.17) is 0 Å². The smallest absolute Gasteiger partial charge is 0.00458 e. The van der Waals surface area contributed by atoms with Gasteiger partial charge in [0, 0.05) is 10.9 Å². The molecule has 1 atom stereocenters. The fraction of sp³-hybridized carbons (Fsp3) is 0.556. The molecule has 1 aromatic heterocycles. The first-order valence-electron chi connectivity index (χ1n) is 4.02. The van der Waals surface area contributed by atoms with Crippen LogP contribution in [0.25, 0.3) is 0 Å². The Balaban J connectivity index is 2.23. The van der Waals surface area contributed by atoms with E-state index in [9.17, 15) is 0 Å². The molecule has 1 N–H and O–H groups in total. The SMILES string of the molecule is CNC(C)CCc1cccs1. The largest absolute Gasteiger partial charge is 0.317 e. The molecule has 1 heterocycles. The van der Waals surface area contributed by atoms with E-state index in [1.807, 2.05) is 18.4 Å². The summed E-state index contributed by atoms with van der Waals surface area (Å²) >= 11 is 1.85. The summed E-state index contributed by atoms with van der Waals surface area (Å²) in [5.74, 6) is 0. The van der Waals surface area contributed by atoms with Crippen LogP contribution in [0.5, 0.6) is 0 Å². The summed E-state index contributed by atoms with van der Waals surface area (Å²) in [6.07, 6.45) is 2.44. The molecular formula is C9H15NS. The molecule has 0 aliphatic carbocycles. The molecule has 1 aromatic rings. The van der Waals surface area contributed by atoms with Crippen molar-refractivity contribution in [1.82, 2.24) is 5.32 Å². The zero-order valence-corrected chi connectivity index (χ0v) is 7.95. The first-order valence-corrected chi connectivity index (χ1v) is 4.90. The van der Waals surface area contributed by atoms with Crippen molar-refractivity contribution in [1.29, 1.82) is 0 Å². The van der Waals surface area contributed by atoms with Crippen molar-refractivity contribution < 1.29 is 0 Å². The summed E-state index contributed by atoms with van der Waals surface area (Å²) in [4.78, 5) is 1.49. The average molecular weight is 169 g/mol. The third kappa shape index (κ3) is 3.04. The Bertz CT molecular complexity index is 181. The molecular weight excluding hydrogens is 154 g/mol. The van der Waals surface area contributed by atoms with E-state index in [1.165, 1.54) is 17.7 Å². The van der Waals surface area contributed by atoms with Crippen LogP contribution < -0.4 is 5.32 Å². The second-order valence-corrected chi connectivity index (χ2v) is 3.84. The third-order valence-electron chi connectivity index (χ3n) is 1.90. The van der Waals surface area contributed by atoms with Gasteiger partial charge in [-0.15, -0.1) is 11.3 Å². The van der Waals surface area contributed by atoms with Crippen molar-refractivity contribution >= 4 is 11.3 Å². The fourth-order valence-corrected chi connectivity index (χ4v) is 1.68. The second kappa shape index (κ2) is 4.52. The molecule has 62 valence electrons. The van der Waals surface area contributed by atoms with E-state index in [2.05, 4.69) is 29.8 Å². The summed E-state index contributed by atoms with van der Waals surface area (Å²) < 4.78 is 0. The van der Waals surface area contributed by atoms with E-state index in [1.54, 1.807) is 0 Å². The zero-order chi connectivity index (χ0) is 8.10. The van der Waals surface area contributed by atoms with Crippen molar-refractivity contribution in [2.24, 2.45) is 0 Å². The summed E-state index contributed by atoms with van der Waals surface area (Å²) in [6.45, 7) is 2.22. The number of hydrogen-bond donors (Lipinski definition) is 1.